The number of aromatic nitrogens is 2. The molecule has 0 fully saturated rings. The van der Waals surface area contributed by atoms with E-state index in [1.807, 2.05) is 59.1 Å². The van der Waals surface area contributed by atoms with E-state index in [2.05, 4.69) is 4.98 Å². The van der Waals surface area contributed by atoms with Crippen molar-refractivity contribution < 1.29 is 4.79 Å². The Bertz CT molecular complexity index is 760. The minimum Gasteiger partial charge on any atom is -0.343 e. The van der Waals surface area contributed by atoms with Crippen LogP contribution in [0.4, 0.5) is 0 Å². The summed E-state index contributed by atoms with van der Waals surface area (Å²) in [4.78, 5) is 18.4. The Morgan fingerprint density at radius 3 is 2.45 bits per heavy atom. The van der Waals surface area contributed by atoms with Crippen molar-refractivity contribution in [1.82, 2.24) is 14.3 Å². The number of nitrogens with zero attached hydrogens (tertiary/aromatic N) is 3. The van der Waals surface area contributed by atoms with E-state index in [0.29, 0.717) is 5.69 Å². The molecule has 2 heterocycles. The molecular weight excluding hydrogens is 250 g/mol. The number of benzene rings is 1. The molecular formula is C16H15N3O. The first-order valence-corrected chi connectivity index (χ1v) is 6.42. The van der Waals surface area contributed by atoms with E-state index in [4.69, 9.17) is 0 Å². The fourth-order valence-electron chi connectivity index (χ4n) is 2.23. The van der Waals surface area contributed by atoms with E-state index in [0.717, 1.165) is 16.9 Å². The Morgan fingerprint density at radius 2 is 1.75 bits per heavy atom. The van der Waals surface area contributed by atoms with Crippen LogP contribution in [0.3, 0.4) is 0 Å². The Labute approximate surface area is 117 Å². The van der Waals surface area contributed by atoms with Gasteiger partial charge in [0.15, 0.2) is 5.69 Å². The van der Waals surface area contributed by atoms with Gasteiger partial charge in [0.1, 0.15) is 5.65 Å². The van der Waals surface area contributed by atoms with Crippen LogP contribution in [0, 0.1) is 0 Å². The summed E-state index contributed by atoms with van der Waals surface area (Å²) in [6.07, 6.45) is 1.93. The molecule has 2 aromatic heterocycles. The third kappa shape index (κ3) is 1.95. The number of carbonyl (C=O) groups excluding carboxylic acids is 1. The van der Waals surface area contributed by atoms with Crippen molar-refractivity contribution in [3.8, 4) is 11.3 Å². The zero-order chi connectivity index (χ0) is 14.1. The summed E-state index contributed by atoms with van der Waals surface area (Å²) in [6.45, 7) is 0. The van der Waals surface area contributed by atoms with Crippen LogP contribution in [0.5, 0.6) is 0 Å². The van der Waals surface area contributed by atoms with E-state index in [1.54, 1.807) is 19.0 Å². The third-order valence-electron chi connectivity index (χ3n) is 3.19. The number of hydrogen-bond acceptors (Lipinski definition) is 2. The van der Waals surface area contributed by atoms with Crippen LogP contribution in [0.2, 0.25) is 0 Å². The first kappa shape index (κ1) is 12.4. The molecule has 0 atom stereocenters. The van der Waals surface area contributed by atoms with Crippen molar-refractivity contribution in [2.75, 3.05) is 14.1 Å². The molecule has 0 bridgehead atoms. The van der Waals surface area contributed by atoms with E-state index in [1.165, 1.54) is 0 Å². The highest BCUT2D eigenvalue weighted by molar-refractivity contribution is 5.99. The van der Waals surface area contributed by atoms with Crippen molar-refractivity contribution in [2.24, 2.45) is 0 Å². The van der Waals surface area contributed by atoms with Gasteiger partial charge in [-0.25, -0.2) is 4.98 Å². The number of imidazole rings is 1. The molecule has 0 N–H and O–H groups in total. The summed E-state index contributed by atoms with van der Waals surface area (Å²) in [5, 5.41) is 0. The molecule has 3 aromatic rings. The van der Waals surface area contributed by atoms with Crippen LogP contribution in [0.15, 0.2) is 54.7 Å². The van der Waals surface area contributed by atoms with Gasteiger partial charge in [0.2, 0.25) is 0 Å². The molecule has 4 nitrogen and oxygen atoms in total. The number of amides is 1. The minimum absolute atomic E-state index is 0.0902. The van der Waals surface area contributed by atoms with Gasteiger partial charge in [-0.2, -0.15) is 0 Å². The molecule has 20 heavy (non-hydrogen) atoms. The molecule has 0 aliphatic carbocycles. The van der Waals surface area contributed by atoms with Crippen LogP contribution in [0.1, 0.15) is 10.5 Å². The highest BCUT2D eigenvalue weighted by atomic mass is 16.2. The van der Waals surface area contributed by atoms with Gasteiger partial charge < -0.3 is 4.90 Å². The lowest BCUT2D eigenvalue weighted by molar-refractivity contribution is 0.0823. The maximum Gasteiger partial charge on any atom is 0.274 e. The minimum atomic E-state index is -0.0902. The first-order valence-electron chi connectivity index (χ1n) is 6.42. The molecule has 1 amide bonds. The largest absolute Gasteiger partial charge is 0.343 e. The van der Waals surface area contributed by atoms with E-state index < -0.39 is 0 Å². The lowest BCUT2D eigenvalue weighted by atomic mass is 10.1. The maximum atomic E-state index is 12.4. The number of rotatable bonds is 2. The van der Waals surface area contributed by atoms with Crippen molar-refractivity contribution in [3.05, 3.63) is 60.4 Å². The number of carbonyl (C=O) groups is 1. The number of pyridine rings is 1. The average Bonchev–Trinajstić information content (AvgIpc) is 2.86. The molecule has 0 aliphatic rings. The topological polar surface area (TPSA) is 37.6 Å². The Morgan fingerprint density at radius 1 is 1.05 bits per heavy atom. The molecule has 0 spiro atoms. The van der Waals surface area contributed by atoms with Gasteiger partial charge in [-0.05, 0) is 12.1 Å². The van der Waals surface area contributed by atoms with Gasteiger partial charge in [0.05, 0.1) is 5.69 Å². The molecule has 0 saturated heterocycles. The summed E-state index contributed by atoms with van der Waals surface area (Å²) in [7, 11) is 3.47. The van der Waals surface area contributed by atoms with Gasteiger partial charge in [0.25, 0.3) is 5.91 Å². The summed E-state index contributed by atoms with van der Waals surface area (Å²) in [5.74, 6) is -0.0902. The van der Waals surface area contributed by atoms with Crippen molar-refractivity contribution in [1.29, 1.82) is 0 Å². The predicted octanol–water partition coefficient (Wildman–Crippen LogP) is 2.70. The quantitative estimate of drug-likeness (QED) is 0.714. The number of fused-ring (bicyclic) bond motifs is 1. The van der Waals surface area contributed by atoms with E-state index >= 15 is 0 Å². The van der Waals surface area contributed by atoms with Gasteiger partial charge in [-0.1, -0.05) is 36.4 Å². The van der Waals surface area contributed by atoms with Crippen molar-refractivity contribution in [2.45, 2.75) is 0 Å². The SMILES string of the molecule is CN(C)C(=O)c1nc2ccccn2c1-c1ccccc1. The Kier molecular flexibility index (Phi) is 2.99. The van der Waals surface area contributed by atoms with E-state index in [-0.39, 0.29) is 5.91 Å². The fourth-order valence-corrected chi connectivity index (χ4v) is 2.23. The Hall–Kier alpha value is -2.62. The molecule has 4 heteroatoms. The molecule has 100 valence electrons. The average molecular weight is 265 g/mol. The molecule has 1 aromatic carbocycles. The molecule has 3 rings (SSSR count). The zero-order valence-electron chi connectivity index (χ0n) is 11.4. The third-order valence-corrected chi connectivity index (χ3v) is 3.19. The molecule has 0 aliphatic heterocycles. The summed E-state index contributed by atoms with van der Waals surface area (Å²) < 4.78 is 1.95. The summed E-state index contributed by atoms with van der Waals surface area (Å²) >= 11 is 0. The maximum absolute atomic E-state index is 12.4. The predicted molar refractivity (Wildman–Crippen MR) is 78.6 cm³/mol. The van der Waals surface area contributed by atoms with E-state index in [9.17, 15) is 4.79 Å². The van der Waals surface area contributed by atoms with Crippen LogP contribution < -0.4 is 0 Å². The first-order chi connectivity index (χ1) is 9.68. The molecule has 0 radical (unpaired) electrons. The zero-order valence-corrected chi connectivity index (χ0v) is 11.4. The van der Waals surface area contributed by atoms with Gasteiger partial charge in [-0.15, -0.1) is 0 Å². The second-order valence-electron chi connectivity index (χ2n) is 4.80. The standard InChI is InChI=1S/C16H15N3O/c1-18(2)16(20)14-15(12-8-4-3-5-9-12)19-11-7-6-10-13(19)17-14/h3-11H,1-2H3. The van der Waals surface area contributed by atoms with Gasteiger partial charge in [0, 0.05) is 25.9 Å². The summed E-state index contributed by atoms with van der Waals surface area (Å²) in [6, 6.07) is 15.6. The van der Waals surface area contributed by atoms with Gasteiger partial charge in [-0.3, -0.25) is 9.20 Å². The van der Waals surface area contributed by atoms with Crippen molar-refractivity contribution >= 4 is 11.6 Å². The van der Waals surface area contributed by atoms with Crippen LogP contribution in [-0.2, 0) is 0 Å². The second-order valence-corrected chi connectivity index (χ2v) is 4.80. The highest BCUT2D eigenvalue weighted by Gasteiger charge is 2.21. The van der Waals surface area contributed by atoms with Crippen LogP contribution in [-0.4, -0.2) is 34.3 Å². The lowest BCUT2D eigenvalue weighted by Gasteiger charge is -2.10. The smallest absolute Gasteiger partial charge is 0.274 e. The van der Waals surface area contributed by atoms with Crippen molar-refractivity contribution in [3.63, 3.8) is 0 Å². The van der Waals surface area contributed by atoms with Crippen LogP contribution >= 0.6 is 0 Å². The highest BCUT2D eigenvalue weighted by Crippen LogP contribution is 2.25. The molecule has 0 saturated carbocycles. The van der Waals surface area contributed by atoms with Crippen LogP contribution in [0.25, 0.3) is 16.9 Å². The summed E-state index contributed by atoms with van der Waals surface area (Å²) in [5.41, 5.74) is 3.07. The van der Waals surface area contributed by atoms with Gasteiger partial charge >= 0.3 is 0 Å². The fraction of sp³-hybridized carbons (Fsp3) is 0.125. The monoisotopic (exact) mass is 265 g/mol. The number of hydrogen-bond donors (Lipinski definition) is 0. The lowest BCUT2D eigenvalue weighted by Crippen LogP contribution is -2.22. The second kappa shape index (κ2) is 4.81. The Balaban J connectivity index is 2.32. The normalized spacial score (nSPS) is 10.7. The molecule has 0 unspecified atom stereocenters.